The summed E-state index contributed by atoms with van der Waals surface area (Å²) < 4.78 is 1.05. The fourth-order valence-electron chi connectivity index (χ4n) is 1.19. The summed E-state index contributed by atoms with van der Waals surface area (Å²) in [6, 6.07) is 4.56. The molecule has 0 amide bonds. The minimum atomic E-state index is 0.635. The summed E-state index contributed by atoms with van der Waals surface area (Å²) in [7, 11) is 0. The highest BCUT2D eigenvalue weighted by Crippen LogP contribution is 2.33. The molecule has 1 aliphatic carbocycles. The Morgan fingerprint density at radius 3 is 3.00 bits per heavy atom. The number of nitrogens with zero attached hydrogens (tertiary/aromatic N) is 1. The minimum absolute atomic E-state index is 0.635. The number of pyridine rings is 1. The van der Waals surface area contributed by atoms with Crippen molar-refractivity contribution in [3.63, 3.8) is 0 Å². The highest BCUT2D eigenvalue weighted by atomic mass is 79.9. The third kappa shape index (κ3) is 1.61. The van der Waals surface area contributed by atoms with Crippen LogP contribution in [0.5, 0.6) is 0 Å². The maximum atomic E-state index is 4.23. The van der Waals surface area contributed by atoms with Gasteiger partial charge < -0.3 is 5.32 Å². The van der Waals surface area contributed by atoms with E-state index in [0.29, 0.717) is 6.04 Å². The Morgan fingerprint density at radius 2 is 2.42 bits per heavy atom. The molecular weight excluding hydrogens is 216 g/mol. The van der Waals surface area contributed by atoms with Crippen LogP contribution >= 0.6 is 15.9 Å². The first-order valence-electron chi connectivity index (χ1n) is 4.14. The van der Waals surface area contributed by atoms with Gasteiger partial charge in [-0.2, -0.15) is 0 Å². The van der Waals surface area contributed by atoms with Gasteiger partial charge in [0.2, 0.25) is 0 Å². The maximum Gasteiger partial charge on any atom is 0.140 e. The Morgan fingerprint density at radius 1 is 1.67 bits per heavy atom. The molecule has 0 saturated heterocycles. The van der Waals surface area contributed by atoms with Crippen molar-refractivity contribution in [1.29, 1.82) is 0 Å². The van der Waals surface area contributed by atoms with Gasteiger partial charge in [0.05, 0.1) is 4.47 Å². The fraction of sp³-hybridized carbons (Fsp3) is 0.444. The lowest BCUT2D eigenvalue weighted by Gasteiger charge is -2.04. The second kappa shape index (κ2) is 3.05. The summed E-state index contributed by atoms with van der Waals surface area (Å²) in [4.78, 5) is 4.23. The molecule has 0 aromatic carbocycles. The fourth-order valence-corrected chi connectivity index (χ4v) is 1.56. The Kier molecular flexibility index (Phi) is 2.05. The number of halogens is 1. The molecule has 64 valence electrons. The van der Waals surface area contributed by atoms with E-state index in [4.69, 9.17) is 0 Å². The van der Waals surface area contributed by atoms with E-state index in [1.165, 1.54) is 6.42 Å². The van der Waals surface area contributed by atoms with Crippen molar-refractivity contribution in [1.82, 2.24) is 4.98 Å². The number of aromatic nitrogens is 1. The first kappa shape index (κ1) is 8.05. The van der Waals surface area contributed by atoms with E-state index in [2.05, 4.69) is 33.2 Å². The first-order valence-corrected chi connectivity index (χ1v) is 4.93. The van der Waals surface area contributed by atoms with Gasteiger partial charge in [-0.25, -0.2) is 4.98 Å². The van der Waals surface area contributed by atoms with Crippen LogP contribution in [0.1, 0.15) is 13.3 Å². The largest absolute Gasteiger partial charge is 0.366 e. The summed E-state index contributed by atoms with van der Waals surface area (Å²) >= 11 is 3.45. The number of anilines is 1. The van der Waals surface area contributed by atoms with Crippen molar-refractivity contribution < 1.29 is 0 Å². The highest BCUT2D eigenvalue weighted by molar-refractivity contribution is 9.10. The molecule has 1 N–H and O–H groups in total. The molecule has 1 aliphatic rings. The standard InChI is InChI=1S/C9H11BrN2/c1-6-5-8(6)12-9-7(10)3-2-4-11-9/h2-4,6,8H,5H2,1H3,(H,11,12). The Bertz CT molecular complexity index is 288. The molecule has 1 saturated carbocycles. The summed E-state index contributed by atoms with van der Waals surface area (Å²) in [5.74, 6) is 1.77. The lowest BCUT2D eigenvalue weighted by atomic mass is 10.4. The van der Waals surface area contributed by atoms with E-state index in [9.17, 15) is 0 Å². The predicted octanol–water partition coefficient (Wildman–Crippen LogP) is 2.66. The van der Waals surface area contributed by atoms with Crippen LogP contribution in [-0.4, -0.2) is 11.0 Å². The summed E-state index contributed by atoms with van der Waals surface area (Å²) in [5, 5.41) is 3.38. The van der Waals surface area contributed by atoms with Crippen LogP contribution in [0, 0.1) is 5.92 Å². The number of nitrogens with one attached hydrogen (secondary N) is 1. The van der Waals surface area contributed by atoms with Gasteiger partial charge in [-0.15, -0.1) is 0 Å². The van der Waals surface area contributed by atoms with Crippen LogP contribution in [0.4, 0.5) is 5.82 Å². The van der Waals surface area contributed by atoms with Crippen LogP contribution in [0.25, 0.3) is 0 Å². The smallest absolute Gasteiger partial charge is 0.140 e. The molecule has 1 fully saturated rings. The lowest BCUT2D eigenvalue weighted by molar-refractivity contribution is 0.923. The Balaban J connectivity index is 2.08. The second-order valence-corrected chi connectivity index (χ2v) is 4.15. The molecule has 2 nitrogen and oxygen atoms in total. The molecule has 0 aliphatic heterocycles. The van der Waals surface area contributed by atoms with Crippen molar-refractivity contribution in [2.75, 3.05) is 5.32 Å². The Labute approximate surface area is 80.5 Å². The van der Waals surface area contributed by atoms with Crippen molar-refractivity contribution in [2.24, 2.45) is 5.92 Å². The molecule has 2 unspecified atom stereocenters. The molecule has 1 aromatic heterocycles. The predicted molar refractivity (Wildman–Crippen MR) is 53.1 cm³/mol. The summed E-state index contributed by atoms with van der Waals surface area (Å²) in [6.07, 6.45) is 3.07. The van der Waals surface area contributed by atoms with E-state index < -0.39 is 0 Å². The molecule has 12 heavy (non-hydrogen) atoms. The normalized spacial score (nSPS) is 26.8. The molecular formula is C9H11BrN2. The molecule has 0 bridgehead atoms. The van der Waals surface area contributed by atoms with Crippen LogP contribution in [0.2, 0.25) is 0 Å². The minimum Gasteiger partial charge on any atom is -0.366 e. The SMILES string of the molecule is CC1CC1Nc1ncccc1Br. The van der Waals surface area contributed by atoms with Crippen LogP contribution in [0.15, 0.2) is 22.8 Å². The third-order valence-corrected chi connectivity index (χ3v) is 2.83. The molecule has 1 heterocycles. The molecule has 2 atom stereocenters. The van der Waals surface area contributed by atoms with E-state index in [0.717, 1.165) is 16.2 Å². The van der Waals surface area contributed by atoms with Crippen LogP contribution < -0.4 is 5.32 Å². The maximum absolute atomic E-state index is 4.23. The van der Waals surface area contributed by atoms with Gasteiger partial charge >= 0.3 is 0 Å². The molecule has 0 spiro atoms. The molecule has 0 radical (unpaired) electrons. The molecule has 2 rings (SSSR count). The number of hydrogen-bond acceptors (Lipinski definition) is 2. The zero-order chi connectivity index (χ0) is 8.55. The van der Waals surface area contributed by atoms with E-state index in [-0.39, 0.29) is 0 Å². The number of rotatable bonds is 2. The Hall–Kier alpha value is -0.570. The highest BCUT2D eigenvalue weighted by Gasteiger charge is 2.32. The third-order valence-electron chi connectivity index (χ3n) is 2.19. The van der Waals surface area contributed by atoms with Crippen molar-refractivity contribution in [3.8, 4) is 0 Å². The van der Waals surface area contributed by atoms with Gasteiger partial charge in [-0.05, 0) is 40.4 Å². The van der Waals surface area contributed by atoms with Gasteiger partial charge in [0.25, 0.3) is 0 Å². The van der Waals surface area contributed by atoms with Crippen LogP contribution in [-0.2, 0) is 0 Å². The van der Waals surface area contributed by atoms with Gasteiger partial charge in [0.1, 0.15) is 5.82 Å². The van der Waals surface area contributed by atoms with Crippen molar-refractivity contribution in [2.45, 2.75) is 19.4 Å². The van der Waals surface area contributed by atoms with Crippen molar-refractivity contribution >= 4 is 21.7 Å². The van der Waals surface area contributed by atoms with Gasteiger partial charge in [-0.1, -0.05) is 6.92 Å². The quantitative estimate of drug-likeness (QED) is 0.840. The summed E-state index contributed by atoms with van der Waals surface area (Å²) in [5.41, 5.74) is 0. The zero-order valence-corrected chi connectivity index (χ0v) is 8.51. The first-order chi connectivity index (χ1) is 5.77. The van der Waals surface area contributed by atoms with Gasteiger partial charge in [0, 0.05) is 12.2 Å². The van der Waals surface area contributed by atoms with Gasteiger partial charge in [-0.3, -0.25) is 0 Å². The second-order valence-electron chi connectivity index (χ2n) is 3.30. The average molecular weight is 227 g/mol. The monoisotopic (exact) mass is 226 g/mol. The zero-order valence-electron chi connectivity index (χ0n) is 6.92. The average Bonchev–Trinajstić information content (AvgIpc) is 2.72. The molecule has 1 aromatic rings. The summed E-state index contributed by atoms with van der Waals surface area (Å²) in [6.45, 7) is 2.24. The van der Waals surface area contributed by atoms with E-state index >= 15 is 0 Å². The van der Waals surface area contributed by atoms with E-state index in [1.54, 1.807) is 6.20 Å². The van der Waals surface area contributed by atoms with Crippen molar-refractivity contribution in [3.05, 3.63) is 22.8 Å². The number of hydrogen-bond donors (Lipinski definition) is 1. The molecule has 3 heteroatoms. The lowest BCUT2D eigenvalue weighted by Crippen LogP contribution is -2.05. The van der Waals surface area contributed by atoms with Crippen LogP contribution in [0.3, 0.4) is 0 Å². The van der Waals surface area contributed by atoms with E-state index in [1.807, 2.05) is 12.1 Å². The van der Waals surface area contributed by atoms with Gasteiger partial charge in [0.15, 0.2) is 0 Å². The topological polar surface area (TPSA) is 24.9 Å².